The molecular formula is C54H33N3PtS. The molecule has 0 spiro atoms. The van der Waals surface area contributed by atoms with Gasteiger partial charge in [0.1, 0.15) is 0 Å². The summed E-state index contributed by atoms with van der Waals surface area (Å²) in [7, 11) is 0. The van der Waals surface area contributed by atoms with Crippen molar-refractivity contribution < 1.29 is 21.1 Å². The van der Waals surface area contributed by atoms with Crippen molar-refractivity contribution in [1.82, 2.24) is 14.5 Å². The first-order valence-electron chi connectivity index (χ1n) is 19.4. The monoisotopic (exact) mass is 950 g/mol. The van der Waals surface area contributed by atoms with Gasteiger partial charge >= 0.3 is 21.1 Å². The van der Waals surface area contributed by atoms with Crippen LogP contribution in [0.4, 0.5) is 0 Å². The van der Waals surface area contributed by atoms with Gasteiger partial charge < -0.3 is 9.55 Å². The van der Waals surface area contributed by atoms with Gasteiger partial charge in [0.2, 0.25) is 0 Å². The average molecular weight is 951 g/mol. The Hall–Kier alpha value is -6.71. The summed E-state index contributed by atoms with van der Waals surface area (Å²) in [6, 6.07) is 76.2. The predicted octanol–water partition coefficient (Wildman–Crippen LogP) is 14.4. The average Bonchev–Trinajstić information content (AvgIpc) is 3.89. The van der Waals surface area contributed by atoms with E-state index in [-0.39, 0.29) is 21.1 Å². The maximum Gasteiger partial charge on any atom is 2.00 e. The molecule has 0 unspecified atom stereocenters. The Labute approximate surface area is 361 Å². The number of benzene rings is 8. The Morgan fingerprint density at radius 3 is 1.69 bits per heavy atom. The fourth-order valence-corrected chi connectivity index (χ4v) is 8.91. The van der Waals surface area contributed by atoms with E-state index in [0.29, 0.717) is 0 Å². The van der Waals surface area contributed by atoms with Crippen molar-refractivity contribution in [3.05, 3.63) is 212 Å². The minimum absolute atomic E-state index is 0. The van der Waals surface area contributed by atoms with Crippen LogP contribution in [0.5, 0.6) is 0 Å². The quantitative estimate of drug-likeness (QED) is 0.149. The maximum absolute atomic E-state index is 5.02. The smallest absolute Gasteiger partial charge is 0.345 e. The van der Waals surface area contributed by atoms with E-state index in [2.05, 4.69) is 199 Å². The van der Waals surface area contributed by atoms with Gasteiger partial charge in [-0.3, -0.25) is 4.98 Å². The molecule has 5 heteroatoms. The minimum atomic E-state index is 0. The molecule has 3 aromatic heterocycles. The van der Waals surface area contributed by atoms with Gasteiger partial charge in [0, 0.05) is 21.4 Å². The molecule has 3 nitrogen and oxygen atoms in total. The Morgan fingerprint density at radius 2 is 1.02 bits per heavy atom. The van der Waals surface area contributed by atoms with Crippen LogP contribution in [0, 0.1) is 12.1 Å². The Bertz CT molecular complexity index is 3210. The third-order valence-electron chi connectivity index (χ3n) is 10.9. The van der Waals surface area contributed by atoms with Gasteiger partial charge in [0.05, 0.1) is 5.52 Å². The number of aromatic nitrogens is 3. The van der Waals surface area contributed by atoms with Gasteiger partial charge in [-0.25, -0.2) is 0 Å². The summed E-state index contributed by atoms with van der Waals surface area (Å²) in [4.78, 5) is 10.0. The minimum Gasteiger partial charge on any atom is -0.345 e. The van der Waals surface area contributed by atoms with Crippen molar-refractivity contribution in [1.29, 1.82) is 0 Å². The molecule has 0 saturated heterocycles. The van der Waals surface area contributed by atoms with E-state index >= 15 is 0 Å². The normalized spacial score (nSPS) is 11.3. The van der Waals surface area contributed by atoms with Crippen molar-refractivity contribution in [2.75, 3.05) is 0 Å². The van der Waals surface area contributed by atoms with Crippen molar-refractivity contribution >= 4 is 43.4 Å². The third-order valence-corrected chi connectivity index (χ3v) is 12.0. The molecule has 0 bridgehead atoms. The van der Waals surface area contributed by atoms with E-state index < -0.39 is 0 Å². The van der Waals surface area contributed by atoms with Crippen LogP contribution in [-0.2, 0) is 21.1 Å². The summed E-state index contributed by atoms with van der Waals surface area (Å²) < 4.78 is 3.49. The second-order valence-corrected chi connectivity index (χ2v) is 15.5. The second-order valence-electron chi connectivity index (χ2n) is 14.4. The zero-order valence-corrected chi connectivity index (χ0v) is 34.7. The molecule has 0 N–H and O–H groups in total. The first kappa shape index (κ1) is 36.6. The SMILES string of the molecule is [Pt+2].[c-]1c(-c2ccc(-c3ccc(-c4ccccc4)cc3)cn2)ccc(-c2ccc(-c3ccccc3)cc2)c1-n1c2[c-]c(-c3nc4ccccc4s3)ccc2c2ccccc21. The van der Waals surface area contributed by atoms with E-state index in [4.69, 9.17) is 9.97 Å². The first-order chi connectivity index (χ1) is 28.7. The molecule has 0 saturated carbocycles. The topological polar surface area (TPSA) is 30.7 Å². The molecule has 280 valence electrons. The Morgan fingerprint density at radius 1 is 0.441 bits per heavy atom. The third kappa shape index (κ3) is 6.81. The van der Waals surface area contributed by atoms with Gasteiger partial charge in [-0.05, 0) is 73.9 Å². The number of nitrogens with zero attached hydrogens (tertiary/aromatic N) is 3. The van der Waals surface area contributed by atoms with Crippen molar-refractivity contribution in [2.24, 2.45) is 0 Å². The molecule has 11 aromatic rings. The van der Waals surface area contributed by atoms with Gasteiger partial charge in [-0.1, -0.05) is 168 Å². The number of para-hydroxylation sites is 2. The summed E-state index contributed by atoms with van der Waals surface area (Å²) in [6.07, 6.45) is 1.97. The summed E-state index contributed by atoms with van der Waals surface area (Å²) in [6.45, 7) is 0. The fourth-order valence-electron chi connectivity index (χ4n) is 7.96. The standard InChI is InChI=1S/C54H33N3S.Pt/c1-3-11-36(12-4-1)38-19-21-40(22-20-38)44-29-32-48(55-35-44)42-27-30-45(41-25-23-39(24-26-41)37-13-5-2-6-14-37)51(33-42)57-50-17-9-7-15-46(50)47-31-28-43(34-52(47)57)54-56-49-16-8-10-18-53(49)58-54;/h1-32,35H;/q-2;+2. The van der Waals surface area contributed by atoms with Crippen LogP contribution >= 0.6 is 11.3 Å². The Kier molecular flexibility index (Phi) is 9.66. The number of fused-ring (bicyclic) bond motifs is 4. The molecule has 0 aliphatic heterocycles. The molecular weight excluding hydrogens is 918 g/mol. The number of hydrogen-bond acceptors (Lipinski definition) is 3. The van der Waals surface area contributed by atoms with Crippen molar-refractivity contribution in [3.8, 4) is 72.0 Å². The summed E-state index contributed by atoms with van der Waals surface area (Å²) in [5, 5.41) is 3.24. The van der Waals surface area contributed by atoms with E-state index in [0.717, 1.165) is 81.8 Å². The maximum atomic E-state index is 5.02. The zero-order chi connectivity index (χ0) is 38.4. The van der Waals surface area contributed by atoms with Gasteiger partial charge in [0.25, 0.3) is 0 Å². The summed E-state index contributed by atoms with van der Waals surface area (Å²) >= 11 is 1.70. The molecule has 0 radical (unpaired) electrons. The van der Waals surface area contributed by atoms with E-state index in [9.17, 15) is 0 Å². The van der Waals surface area contributed by atoms with Crippen LogP contribution in [0.1, 0.15) is 0 Å². The number of hydrogen-bond donors (Lipinski definition) is 0. The van der Waals surface area contributed by atoms with E-state index in [1.807, 2.05) is 18.3 Å². The fraction of sp³-hybridized carbons (Fsp3) is 0. The van der Waals surface area contributed by atoms with Gasteiger partial charge in [-0.2, -0.15) is 11.3 Å². The Balaban J connectivity index is 0.00000420. The number of pyridine rings is 1. The zero-order valence-electron chi connectivity index (χ0n) is 31.6. The van der Waals surface area contributed by atoms with E-state index in [1.165, 1.54) is 22.3 Å². The molecule has 3 heterocycles. The summed E-state index contributed by atoms with van der Waals surface area (Å²) in [5.41, 5.74) is 15.9. The van der Waals surface area contributed by atoms with Crippen LogP contribution in [0.2, 0.25) is 0 Å². The number of rotatable bonds is 7. The van der Waals surface area contributed by atoms with Gasteiger partial charge in [-0.15, -0.1) is 47.5 Å². The molecule has 0 aliphatic rings. The van der Waals surface area contributed by atoms with Crippen LogP contribution in [0.25, 0.3) is 104 Å². The first-order valence-corrected chi connectivity index (χ1v) is 20.2. The molecule has 0 amide bonds. The molecule has 59 heavy (non-hydrogen) atoms. The predicted molar refractivity (Wildman–Crippen MR) is 242 cm³/mol. The largest absolute Gasteiger partial charge is 2.00 e. The van der Waals surface area contributed by atoms with E-state index in [1.54, 1.807) is 11.3 Å². The molecule has 0 aliphatic carbocycles. The second kappa shape index (κ2) is 15.6. The van der Waals surface area contributed by atoms with Crippen LogP contribution in [0.3, 0.4) is 0 Å². The van der Waals surface area contributed by atoms with Gasteiger partial charge in [0.15, 0.2) is 0 Å². The van der Waals surface area contributed by atoms with Crippen LogP contribution in [-0.4, -0.2) is 14.5 Å². The molecule has 0 fully saturated rings. The number of thiazole rings is 1. The van der Waals surface area contributed by atoms with Crippen LogP contribution < -0.4 is 0 Å². The molecule has 11 rings (SSSR count). The van der Waals surface area contributed by atoms with Crippen molar-refractivity contribution in [3.63, 3.8) is 0 Å². The molecule has 0 atom stereocenters. The van der Waals surface area contributed by atoms with Crippen molar-refractivity contribution in [2.45, 2.75) is 0 Å². The van der Waals surface area contributed by atoms with Crippen LogP contribution in [0.15, 0.2) is 200 Å². The molecule has 8 aromatic carbocycles. The summed E-state index contributed by atoms with van der Waals surface area (Å²) in [5.74, 6) is 0.